The van der Waals surface area contributed by atoms with E-state index < -0.39 is 5.82 Å². The highest BCUT2D eigenvalue weighted by molar-refractivity contribution is 9.10. The summed E-state index contributed by atoms with van der Waals surface area (Å²) >= 11 is 3.35. The molecule has 0 aliphatic heterocycles. The molecule has 0 spiro atoms. The fourth-order valence-electron chi connectivity index (χ4n) is 1.59. The Hall–Kier alpha value is -1.68. The van der Waals surface area contributed by atoms with E-state index in [9.17, 15) is 9.18 Å². The average molecular weight is 308 g/mol. The van der Waals surface area contributed by atoms with Gasteiger partial charge in [-0.1, -0.05) is 22.0 Å². The molecule has 92 valence electrons. The van der Waals surface area contributed by atoms with Crippen LogP contribution in [0.25, 0.3) is 0 Å². The Labute approximate surface area is 113 Å². The zero-order chi connectivity index (χ0) is 13.1. The number of carbonyl (C=O) groups excluding carboxylic acids is 1. The SMILES string of the molecule is Cc1cc(Br)ccc1NC(=O)c1cccc(F)c1. The van der Waals surface area contributed by atoms with Gasteiger partial charge in [-0.05, 0) is 48.9 Å². The number of amides is 1. The third kappa shape index (κ3) is 2.96. The topological polar surface area (TPSA) is 29.1 Å². The molecule has 0 bridgehead atoms. The second kappa shape index (κ2) is 5.31. The highest BCUT2D eigenvalue weighted by atomic mass is 79.9. The normalized spacial score (nSPS) is 10.2. The molecule has 0 heterocycles. The molecule has 0 saturated carbocycles. The molecule has 1 amide bonds. The summed E-state index contributed by atoms with van der Waals surface area (Å²) in [6, 6.07) is 11.2. The van der Waals surface area contributed by atoms with Gasteiger partial charge in [0.2, 0.25) is 0 Å². The average Bonchev–Trinajstić information content (AvgIpc) is 2.32. The van der Waals surface area contributed by atoms with Crippen LogP contribution < -0.4 is 5.32 Å². The Bertz CT molecular complexity index is 598. The predicted molar refractivity (Wildman–Crippen MR) is 73.2 cm³/mol. The van der Waals surface area contributed by atoms with Gasteiger partial charge in [0.25, 0.3) is 5.91 Å². The van der Waals surface area contributed by atoms with Crippen molar-refractivity contribution in [2.75, 3.05) is 5.32 Å². The Morgan fingerprint density at radius 1 is 1.22 bits per heavy atom. The first-order chi connectivity index (χ1) is 8.56. The van der Waals surface area contributed by atoms with E-state index >= 15 is 0 Å². The molecule has 1 N–H and O–H groups in total. The maximum atomic E-state index is 13.0. The summed E-state index contributed by atoms with van der Waals surface area (Å²) in [6.45, 7) is 1.89. The monoisotopic (exact) mass is 307 g/mol. The van der Waals surface area contributed by atoms with Gasteiger partial charge in [0, 0.05) is 15.7 Å². The van der Waals surface area contributed by atoms with Crippen LogP contribution in [0.3, 0.4) is 0 Å². The number of aryl methyl sites for hydroxylation is 1. The number of halogens is 2. The fourth-order valence-corrected chi connectivity index (χ4v) is 2.07. The van der Waals surface area contributed by atoms with Crippen molar-refractivity contribution >= 4 is 27.5 Å². The second-order valence-corrected chi connectivity index (χ2v) is 4.84. The largest absolute Gasteiger partial charge is 0.322 e. The van der Waals surface area contributed by atoms with E-state index in [2.05, 4.69) is 21.2 Å². The number of carbonyl (C=O) groups is 1. The summed E-state index contributed by atoms with van der Waals surface area (Å²) in [5.41, 5.74) is 1.96. The minimum atomic E-state index is -0.421. The second-order valence-electron chi connectivity index (χ2n) is 3.92. The molecule has 0 fully saturated rings. The molecule has 0 radical (unpaired) electrons. The molecule has 0 saturated heterocycles. The van der Waals surface area contributed by atoms with E-state index in [4.69, 9.17) is 0 Å². The van der Waals surface area contributed by atoms with Crippen molar-refractivity contribution in [2.45, 2.75) is 6.92 Å². The van der Waals surface area contributed by atoms with Crippen molar-refractivity contribution in [2.24, 2.45) is 0 Å². The van der Waals surface area contributed by atoms with E-state index in [0.29, 0.717) is 11.3 Å². The molecule has 0 aliphatic carbocycles. The lowest BCUT2D eigenvalue weighted by Crippen LogP contribution is -2.12. The molecule has 2 nitrogen and oxygen atoms in total. The molecular weight excluding hydrogens is 297 g/mol. The molecule has 0 atom stereocenters. The van der Waals surface area contributed by atoms with Crippen LogP contribution in [0, 0.1) is 12.7 Å². The lowest BCUT2D eigenvalue weighted by molar-refractivity contribution is 0.102. The molecule has 0 aromatic heterocycles. The first-order valence-corrected chi connectivity index (χ1v) is 6.18. The summed E-state index contributed by atoms with van der Waals surface area (Å²) in [5, 5.41) is 2.75. The zero-order valence-electron chi connectivity index (χ0n) is 9.71. The first kappa shape index (κ1) is 12.8. The van der Waals surface area contributed by atoms with Gasteiger partial charge in [-0.2, -0.15) is 0 Å². The standard InChI is InChI=1S/C14H11BrFNO/c1-9-7-11(15)5-6-13(9)17-14(18)10-3-2-4-12(16)8-10/h2-8H,1H3,(H,17,18). The minimum absolute atomic E-state index is 0.303. The number of hydrogen-bond acceptors (Lipinski definition) is 1. The van der Waals surface area contributed by atoms with Crippen LogP contribution in [0.4, 0.5) is 10.1 Å². The molecule has 2 rings (SSSR count). The smallest absolute Gasteiger partial charge is 0.255 e. The van der Waals surface area contributed by atoms with Crippen LogP contribution in [0.1, 0.15) is 15.9 Å². The van der Waals surface area contributed by atoms with Crippen molar-refractivity contribution in [1.29, 1.82) is 0 Å². The Morgan fingerprint density at radius 2 is 2.00 bits per heavy atom. The van der Waals surface area contributed by atoms with E-state index in [-0.39, 0.29) is 5.91 Å². The lowest BCUT2D eigenvalue weighted by atomic mass is 10.1. The third-order valence-electron chi connectivity index (χ3n) is 2.52. The van der Waals surface area contributed by atoms with Crippen molar-refractivity contribution in [1.82, 2.24) is 0 Å². The predicted octanol–water partition coefficient (Wildman–Crippen LogP) is 4.15. The molecule has 18 heavy (non-hydrogen) atoms. The number of nitrogens with one attached hydrogen (secondary N) is 1. The molecule has 2 aromatic rings. The third-order valence-corrected chi connectivity index (χ3v) is 3.02. The zero-order valence-corrected chi connectivity index (χ0v) is 11.3. The van der Waals surface area contributed by atoms with Gasteiger partial charge in [-0.25, -0.2) is 4.39 Å². The number of benzene rings is 2. The lowest BCUT2D eigenvalue weighted by Gasteiger charge is -2.08. The number of anilines is 1. The Morgan fingerprint density at radius 3 is 2.67 bits per heavy atom. The summed E-state index contributed by atoms with van der Waals surface area (Å²) in [6.07, 6.45) is 0. The van der Waals surface area contributed by atoms with Crippen LogP contribution in [0.2, 0.25) is 0 Å². The first-order valence-electron chi connectivity index (χ1n) is 5.39. The van der Waals surface area contributed by atoms with Gasteiger partial charge in [-0.15, -0.1) is 0 Å². The van der Waals surface area contributed by atoms with Gasteiger partial charge in [-0.3, -0.25) is 4.79 Å². The molecule has 0 aliphatic rings. The van der Waals surface area contributed by atoms with Crippen molar-refractivity contribution in [3.05, 3.63) is 63.9 Å². The van der Waals surface area contributed by atoms with Gasteiger partial charge in [0.1, 0.15) is 5.82 Å². The van der Waals surface area contributed by atoms with Crippen LogP contribution in [0.15, 0.2) is 46.9 Å². The van der Waals surface area contributed by atoms with Crippen LogP contribution >= 0.6 is 15.9 Å². The fraction of sp³-hybridized carbons (Fsp3) is 0.0714. The van der Waals surface area contributed by atoms with E-state index in [1.807, 2.05) is 19.1 Å². The summed E-state index contributed by atoms with van der Waals surface area (Å²) in [5.74, 6) is -0.741. The highest BCUT2D eigenvalue weighted by Gasteiger charge is 2.08. The van der Waals surface area contributed by atoms with Gasteiger partial charge in [0.05, 0.1) is 0 Å². The van der Waals surface area contributed by atoms with Crippen LogP contribution in [-0.4, -0.2) is 5.91 Å². The van der Waals surface area contributed by atoms with E-state index in [0.717, 1.165) is 10.0 Å². The van der Waals surface area contributed by atoms with E-state index in [1.54, 1.807) is 12.1 Å². The van der Waals surface area contributed by atoms with E-state index in [1.165, 1.54) is 18.2 Å². The van der Waals surface area contributed by atoms with Crippen molar-refractivity contribution in [3.8, 4) is 0 Å². The minimum Gasteiger partial charge on any atom is -0.322 e. The van der Waals surface area contributed by atoms with Gasteiger partial charge in [0.15, 0.2) is 0 Å². The maximum absolute atomic E-state index is 13.0. The Balaban J connectivity index is 2.21. The molecular formula is C14H11BrFNO. The highest BCUT2D eigenvalue weighted by Crippen LogP contribution is 2.20. The number of rotatable bonds is 2. The van der Waals surface area contributed by atoms with Crippen LogP contribution in [0.5, 0.6) is 0 Å². The van der Waals surface area contributed by atoms with Crippen molar-refractivity contribution < 1.29 is 9.18 Å². The summed E-state index contributed by atoms with van der Waals surface area (Å²) in [4.78, 5) is 11.9. The summed E-state index contributed by atoms with van der Waals surface area (Å²) < 4.78 is 14.0. The maximum Gasteiger partial charge on any atom is 0.255 e. The van der Waals surface area contributed by atoms with Crippen molar-refractivity contribution in [3.63, 3.8) is 0 Å². The summed E-state index contributed by atoms with van der Waals surface area (Å²) in [7, 11) is 0. The molecule has 2 aromatic carbocycles. The molecule has 4 heteroatoms. The van der Waals surface area contributed by atoms with Gasteiger partial charge >= 0.3 is 0 Å². The molecule has 0 unspecified atom stereocenters. The number of hydrogen-bond donors (Lipinski definition) is 1. The van der Waals surface area contributed by atoms with Gasteiger partial charge < -0.3 is 5.32 Å². The van der Waals surface area contributed by atoms with Crippen LogP contribution in [-0.2, 0) is 0 Å². The quantitative estimate of drug-likeness (QED) is 0.887. The Kier molecular flexibility index (Phi) is 3.77.